The fourth-order valence-electron chi connectivity index (χ4n) is 3.56. The van der Waals surface area contributed by atoms with Gasteiger partial charge in [-0.15, -0.1) is 0 Å². The van der Waals surface area contributed by atoms with Crippen molar-refractivity contribution in [1.82, 2.24) is 20.9 Å². The van der Waals surface area contributed by atoms with Gasteiger partial charge in [-0.25, -0.2) is 4.79 Å². The summed E-state index contributed by atoms with van der Waals surface area (Å²) in [6.07, 6.45) is 1.07. The van der Waals surface area contributed by atoms with E-state index < -0.39 is 66.7 Å². The van der Waals surface area contributed by atoms with E-state index in [1.807, 2.05) is 24.3 Å². The minimum Gasteiger partial charge on any atom is -0.481 e. The lowest BCUT2D eigenvalue weighted by Crippen LogP contribution is -2.57. The number of aliphatic carboxylic acids is 2. The summed E-state index contributed by atoms with van der Waals surface area (Å²) < 4.78 is 0. The highest BCUT2D eigenvalue weighted by Gasteiger charge is 2.31. The summed E-state index contributed by atoms with van der Waals surface area (Å²) in [6.45, 7) is 2.86. The molecule has 2 rings (SSSR count). The zero-order valence-electron chi connectivity index (χ0n) is 19.5. The Bertz CT molecular complexity index is 1080. The fraction of sp³-hybridized carbons (Fsp3) is 0.435. The average Bonchev–Trinajstić information content (AvgIpc) is 3.21. The topological polar surface area (TPSA) is 204 Å². The number of fused-ring (bicyclic) bond motifs is 1. The first-order chi connectivity index (χ1) is 16.5. The number of nitrogens with one attached hydrogen (secondary N) is 4. The van der Waals surface area contributed by atoms with E-state index >= 15 is 0 Å². The van der Waals surface area contributed by atoms with Crippen LogP contribution in [0.25, 0.3) is 10.9 Å². The van der Waals surface area contributed by atoms with Crippen molar-refractivity contribution in [2.24, 2.45) is 11.7 Å². The molecule has 3 amide bonds. The normalized spacial score (nSPS) is 13.6. The molecule has 1 aromatic carbocycles. The van der Waals surface area contributed by atoms with E-state index in [1.165, 1.54) is 0 Å². The quantitative estimate of drug-likeness (QED) is 0.199. The first-order valence-corrected chi connectivity index (χ1v) is 11.1. The van der Waals surface area contributed by atoms with Crippen molar-refractivity contribution in [3.8, 4) is 0 Å². The Labute approximate surface area is 201 Å². The smallest absolute Gasteiger partial charge is 0.326 e. The highest BCUT2D eigenvalue weighted by Crippen LogP contribution is 2.19. The maximum atomic E-state index is 13.1. The van der Waals surface area contributed by atoms with Crippen molar-refractivity contribution >= 4 is 40.6 Å². The van der Waals surface area contributed by atoms with Gasteiger partial charge in [-0.3, -0.25) is 19.2 Å². The van der Waals surface area contributed by atoms with Crippen LogP contribution in [-0.4, -0.2) is 69.5 Å². The molecule has 12 nitrogen and oxygen atoms in total. The molecule has 0 aliphatic heterocycles. The second kappa shape index (κ2) is 12.5. The number of para-hydroxylation sites is 1. The van der Waals surface area contributed by atoms with E-state index in [-0.39, 0.29) is 12.8 Å². The molecule has 0 bridgehead atoms. The van der Waals surface area contributed by atoms with Crippen LogP contribution in [0.3, 0.4) is 0 Å². The number of rotatable bonds is 13. The number of carboxylic acid groups (broad SMARTS) is 2. The minimum absolute atomic E-state index is 0.0164. The van der Waals surface area contributed by atoms with Crippen LogP contribution in [-0.2, 0) is 30.4 Å². The number of hydrogen-bond donors (Lipinski definition) is 7. The summed E-state index contributed by atoms with van der Waals surface area (Å²) in [5.74, 6) is -5.00. The van der Waals surface area contributed by atoms with Crippen LogP contribution in [0.2, 0.25) is 0 Å². The number of nitrogens with two attached hydrogens (primary N) is 1. The van der Waals surface area contributed by atoms with Gasteiger partial charge in [-0.05, 0) is 24.0 Å². The van der Waals surface area contributed by atoms with Crippen molar-refractivity contribution in [3.63, 3.8) is 0 Å². The molecule has 3 unspecified atom stereocenters. The Morgan fingerprint density at radius 2 is 1.63 bits per heavy atom. The number of H-pyrrole nitrogens is 1. The lowest BCUT2D eigenvalue weighted by molar-refractivity contribution is -0.143. The Balaban J connectivity index is 2.32. The highest BCUT2D eigenvalue weighted by atomic mass is 16.4. The molecular formula is C23H31N5O7. The van der Waals surface area contributed by atoms with E-state index in [0.29, 0.717) is 5.56 Å². The molecule has 190 valence electrons. The summed E-state index contributed by atoms with van der Waals surface area (Å²) >= 11 is 0. The zero-order chi connectivity index (χ0) is 26.1. The zero-order valence-corrected chi connectivity index (χ0v) is 19.5. The second-order valence-corrected chi connectivity index (χ2v) is 8.45. The predicted octanol–water partition coefficient (Wildman–Crippen LogP) is -0.271. The van der Waals surface area contributed by atoms with E-state index in [0.717, 1.165) is 10.9 Å². The van der Waals surface area contributed by atoms with Crippen LogP contribution in [0.5, 0.6) is 0 Å². The second-order valence-electron chi connectivity index (χ2n) is 8.45. The molecule has 1 aromatic heterocycles. The fourth-order valence-corrected chi connectivity index (χ4v) is 3.56. The third-order valence-electron chi connectivity index (χ3n) is 5.45. The number of hydrogen-bond acceptors (Lipinski definition) is 6. The van der Waals surface area contributed by atoms with Crippen molar-refractivity contribution in [3.05, 3.63) is 36.0 Å². The van der Waals surface area contributed by atoms with Gasteiger partial charge >= 0.3 is 11.9 Å². The van der Waals surface area contributed by atoms with Crippen LogP contribution < -0.4 is 21.7 Å². The molecule has 3 atom stereocenters. The summed E-state index contributed by atoms with van der Waals surface area (Å²) in [5, 5.41) is 26.6. The first kappa shape index (κ1) is 27.3. The average molecular weight is 490 g/mol. The Morgan fingerprint density at radius 3 is 2.23 bits per heavy atom. The van der Waals surface area contributed by atoms with Gasteiger partial charge in [0.2, 0.25) is 17.7 Å². The molecule has 0 saturated heterocycles. The standard InChI is InChI=1S/C23H31N5O7/c1-12(2)20(23(34)35)28-22(33)17(9-13-11-25-15-6-4-3-5-14(13)15)27-21(32)16(7-8-19(30)31)26-18(29)10-24/h3-6,11-12,16-17,20,25H,7-10,24H2,1-2H3,(H,26,29)(H,27,32)(H,28,33)(H,30,31)(H,34,35). The van der Waals surface area contributed by atoms with Crippen LogP contribution in [0.1, 0.15) is 32.3 Å². The maximum Gasteiger partial charge on any atom is 0.326 e. The molecule has 1 heterocycles. The number of carbonyl (C=O) groups is 5. The molecule has 0 aliphatic carbocycles. The Kier molecular flexibility index (Phi) is 9.76. The SMILES string of the molecule is CC(C)C(NC(=O)C(Cc1c[nH]c2ccccc12)NC(=O)C(CCC(=O)O)NC(=O)CN)C(=O)O. The summed E-state index contributed by atoms with van der Waals surface area (Å²) in [7, 11) is 0. The maximum absolute atomic E-state index is 13.1. The van der Waals surface area contributed by atoms with Gasteiger partial charge in [0.05, 0.1) is 6.54 Å². The van der Waals surface area contributed by atoms with Crippen LogP contribution in [0, 0.1) is 5.92 Å². The summed E-state index contributed by atoms with van der Waals surface area (Å²) in [5.41, 5.74) is 6.81. The van der Waals surface area contributed by atoms with Gasteiger partial charge in [-0.2, -0.15) is 0 Å². The Morgan fingerprint density at radius 1 is 0.971 bits per heavy atom. The lowest BCUT2D eigenvalue weighted by atomic mass is 10.0. The van der Waals surface area contributed by atoms with Crippen molar-refractivity contribution in [2.75, 3.05) is 6.54 Å². The molecule has 35 heavy (non-hydrogen) atoms. The molecule has 0 fully saturated rings. The van der Waals surface area contributed by atoms with E-state index in [9.17, 15) is 29.1 Å². The van der Waals surface area contributed by atoms with Gasteiger partial charge in [0.15, 0.2) is 0 Å². The third-order valence-corrected chi connectivity index (χ3v) is 5.45. The lowest BCUT2D eigenvalue weighted by Gasteiger charge is -2.25. The molecule has 12 heteroatoms. The number of amides is 3. The van der Waals surface area contributed by atoms with Gasteiger partial charge in [0.25, 0.3) is 0 Å². The van der Waals surface area contributed by atoms with Crippen LogP contribution in [0.4, 0.5) is 0 Å². The van der Waals surface area contributed by atoms with E-state index in [2.05, 4.69) is 20.9 Å². The van der Waals surface area contributed by atoms with Crippen molar-refractivity contribution in [1.29, 1.82) is 0 Å². The predicted molar refractivity (Wildman–Crippen MR) is 126 cm³/mol. The van der Waals surface area contributed by atoms with Gasteiger partial charge in [0, 0.05) is 29.9 Å². The van der Waals surface area contributed by atoms with E-state index in [1.54, 1.807) is 20.0 Å². The molecule has 0 radical (unpaired) electrons. The Hall–Kier alpha value is -3.93. The number of aromatic amines is 1. The number of aromatic nitrogens is 1. The molecular weight excluding hydrogens is 458 g/mol. The van der Waals surface area contributed by atoms with Crippen molar-refractivity contribution < 1.29 is 34.2 Å². The molecule has 0 aliphatic rings. The molecule has 2 aromatic rings. The van der Waals surface area contributed by atoms with Crippen LogP contribution >= 0.6 is 0 Å². The molecule has 0 saturated carbocycles. The number of carboxylic acids is 2. The van der Waals surface area contributed by atoms with Crippen molar-refractivity contribution in [2.45, 2.75) is 51.2 Å². The van der Waals surface area contributed by atoms with E-state index in [4.69, 9.17) is 10.8 Å². The molecule has 0 spiro atoms. The monoisotopic (exact) mass is 489 g/mol. The third kappa shape index (κ3) is 7.81. The van der Waals surface area contributed by atoms with Crippen LogP contribution in [0.15, 0.2) is 30.5 Å². The minimum atomic E-state index is -1.25. The van der Waals surface area contributed by atoms with Gasteiger partial charge < -0.3 is 36.9 Å². The number of benzene rings is 1. The molecule has 8 N–H and O–H groups in total. The largest absolute Gasteiger partial charge is 0.481 e. The van der Waals surface area contributed by atoms with Gasteiger partial charge in [0.1, 0.15) is 18.1 Å². The first-order valence-electron chi connectivity index (χ1n) is 11.1. The van der Waals surface area contributed by atoms with Gasteiger partial charge in [-0.1, -0.05) is 32.0 Å². The summed E-state index contributed by atoms with van der Waals surface area (Å²) in [4.78, 5) is 63.6. The summed E-state index contributed by atoms with van der Waals surface area (Å²) in [6, 6.07) is 3.69. The highest BCUT2D eigenvalue weighted by molar-refractivity contribution is 5.94. The number of carbonyl (C=O) groups excluding carboxylic acids is 3.